The number of benzene rings is 1. The van der Waals surface area contributed by atoms with Crippen LogP contribution in [0.5, 0.6) is 5.75 Å². The molecule has 1 amide bonds. The van der Waals surface area contributed by atoms with Gasteiger partial charge in [-0.25, -0.2) is 0 Å². The van der Waals surface area contributed by atoms with Crippen LogP contribution in [-0.4, -0.2) is 23.2 Å². The third kappa shape index (κ3) is 3.93. The van der Waals surface area contributed by atoms with E-state index >= 15 is 0 Å². The molecule has 0 saturated carbocycles. The van der Waals surface area contributed by atoms with E-state index in [9.17, 15) is 4.79 Å². The molecule has 1 aromatic heterocycles. The zero-order chi connectivity index (χ0) is 17.0. The summed E-state index contributed by atoms with van der Waals surface area (Å²) in [5.74, 6) is 0.872. The maximum atomic E-state index is 12.5. The average Bonchev–Trinajstić information content (AvgIpc) is 2.94. The van der Waals surface area contributed by atoms with Gasteiger partial charge in [-0.3, -0.25) is 9.89 Å². The van der Waals surface area contributed by atoms with Crippen LogP contribution in [0.15, 0.2) is 28.7 Å². The average molecular weight is 380 g/mol. The van der Waals surface area contributed by atoms with Crippen molar-refractivity contribution in [1.29, 1.82) is 0 Å². The smallest absolute Gasteiger partial charge is 0.273 e. The van der Waals surface area contributed by atoms with E-state index in [1.807, 2.05) is 45.0 Å². The molecule has 0 spiro atoms. The number of amides is 1. The SMILES string of the molecule is CCC(NC(=O)c1n[nH]c(C(C)C)c1Br)c1ccc(OC)cc1. The van der Waals surface area contributed by atoms with Crippen molar-refractivity contribution in [3.63, 3.8) is 0 Å². The Balaban J connectivity index is 2.16. The molecular weight excluding hydrogens is 358 g/mol. The van der Waals surface area contributed by atoms with Crippen molar-refractivity contribution in [1.82, 2.24) is 15.5 Å². The fourth-order valence-corrected chi connectivity index (χ4v) is 3.17. The largest absolute Gasteiger partial charge is 0.497 e. The minimum Gasteiger partial charge on any atom is -0.497 e. The molecule has 5 nitrogen and oxygen atoms in total. The molecule has 2 rings (SSSR count). The summed E-state index contributed by atoms with van der Waals surface area (Å²) < 4.78 is 5.90. The van der Waals surface area contributed by atoms with Crippen molar-refractivity contribution in [2.24, 2.45) is 0 Å². The third-order valence-corrected chi connectivity index (χ3v) is 4.56. The number of aromatic nitrogens is 2. The van der Waals surface area contributed by atoms with Gasteiger partial charge in [-0.15, -0.1) is 0 Å². The molecule has 23 heavy (non-hydrogen) atoms. The molecule has 124 valence electrons. The normalized spacial score (nSPS) is 12.3. The van der Waals surface area contributed by atoms with E-state index in [0.29, 0.717) is 5.69 Å². The van der Waals surface area contributed by atoms with Crippen LogP contribution in [0.25, 0.3) is 0 Å². The van der Waals surface area contributed by atoms with Crippen LogP contribution in [-0.2, 0) is 0 Å². The van der Waals surface area contributed by atoms with E-state index in [1.165, 1.54) is 0 Å². The molecule has 0 radical (unpaired) electrons. The number of nitrogens with zero attached hydrogens (tertiary/aromatic N) is 1. The van der Waals surface area contributed by atoms with E-state index < -0.39 is 0 Å². The molecule has 1 atom stereocenters. The van der Waals surface area contributed by atoms with E-state index in [2.05, 4.69) is 31.4 Å². The number of nitrogens with one attached hydrogen (secondary N) is 2. The lowest BCUT2D eigenvalue weighted by molar-refractivity contribution is 0.0929. The van der Waals surface area contributed by atoms with Crippen LogP contribution in [0.1, 0.15) is 60.9 Å². The standard InChI is InChI=1S/C17H22BrN3O2/c1-5-13(11-6-8-12(23-4)9-7-11)19-17(22)16-14(18)15(10(2)3)20-21-16/h6-10,13H,5H2,1-4H3,(H,19,22)(H,20,21). The number of carbonyl (C=O) groups is 1. The van der Waals surface area contributed by atoms with Crippen LogP contribution in [0, 0.1) is 0 Å². The second-order valence-electron chi connectivity index (χ2n) is 5.66. The van der Waals surface area contributed by atoms with Gasteiger partial charge in [0.2, 0.25) is 0 Å². The zero-order valence-corrected chi connectivity index (χ0v) is 15.4. The summed E-state index contributed by atoms with van der Waals surface area (Å²) in [5.41, 5.74) is 2.35. The lowest BCUT2D eigenvalue weighted by Gasteiger charge is -2.17. The highest BCUT2D eigenvalue weighted by Gasteiger charge is 2.21. The summed E-state index contributed by atoms with van der Waals surface area (Å²) in [6, 6.07) is 7.65. The highest BCUT2D eigenvalue weighted by atomic mass is 79.9. The fraction of sp³-hybridized carbons (Fsp3) is 0.412. The predicted molar refractivity (Wildman–Crippen MR) is 93.9 cm³/mol. The Morgan fingerprint density at radius 1 is 1.35 bits per heavy atom. The number of hydrogen-bond donors (Lipinski definition) is 2. The topological polar surface area (TPSA) is 67.0 Å². The second kappa shape index (κ2) is 7.64. The Hall–Kier alpha value is -1.82. The van der Waals surface area contributed by atoms with E-state index in [0.717, 1.165) is 27.9 Å². The van der Waals surface area contributed by atoms with Crippen LogP contribution < -0.4 is 10.1 Å². The highest BCUT2D eigenvalue weighted by molar-refractivity contribution is 9.10. The second-order valence-corrected chi connectivity index (χ2v) is 6.46. The van der Waals surface area contributed by atoms with Crippen molar-refractivity contribution in [3.05, 3.63) is 45.7 Å². The minimum atomic E-state index is -0.192. The van der Waals surface area contributed by atoms with Gasteiger partial charge in [0.15, 0.2) is 5.69 Å². The predicted octanol–water partition coefficient (Wildman–Crippen LogP) is 4.19. The summed E-state index contributed by atoms with van der Waals surface area (Å²) >= 11 is 3.47. The monoisotopic (exact) mass is 379 g/mol. The summed E-state index contributed by atoms with van der Waals surface area (Å²) in [7, 11) is 1.63. The van der Waals surface area contributed by atoms with Gasteiger partial charge >= 0.3 is 0 Å². The molecule has 1 heterocycles. The number of methoxy groups -OCH3 is 1. The minimum absolute atomic E-state index is 0.0699. The van der Waals surface area contributed by atoms with Gasteiger partial charge in [-0.2, -0.15) is 5.10 Å². The third-order valence-electron chi connectivity index (χ3n) is 3.76. The Morgan fingerprint density at radius 3 is 2.48 bits per heavy atom. The number of hydrogen-bond acceptors (Lipinski definition) is 3. The van der Waals surface area contributed by atoms with Crippen molar-refractivity contribution >= 4 is 21.8 Å². The molecule has 0 fully saturated rings. The Labute approximate surface area is 144 Å². The summed E-state index contributed by atoms with van der Waals surface area (Å²) in [4.78, 5) is 12.5. The number of halogens is 1. The zero-order valence-electron chi connectivity index (χ0n) is 13.8. The highest BCUT2D eigenvalue weighted by Crippen LogP contribution is 2.26. The van der Waals surface area contributed by atoms with Crippen LogP contribution in [0.3, 0.4) is 0 Å². The quantitative estimate of drug-likeness (QED) is 0.790. The molecule has 0 bridgehead atoms. The summed E-state index contributed by atoms with van der Waals surface area (Å²) in [5, 5.41) is 10.1. The van der Waals surface area contributed by atoms with Gasteiger partial charge in [-0.05, 0) is 46.0 Å². The van der Waals surface area contributed by atoms with Crippen LogP contribution in [0.2, 0.25) is 0 Å². The number of ether oxygens (including phenoxy) is 1. The van der Waals surface area contributed by atoms with E-state index in [1.54, 1.807) is 7.11 Å². The number of H-pyrrole nitrogens is 1. The summed E-state index contributed by atoms with van der Waals surface area (Å²) in [6.07, 6.45) is 0.789. The molecule has 2 aromatic rings. The molecule has 0 saturated heterocycles. The molecule has 0 aliphatic heterocycles. The number of carbonyl (C=O) groups excluding carboxylic acids is 1. The molecule has 6 heteroatoms. The Bertz CT molecular complexity index is 665. The molecule has 1 unspecified atom stereocenters. The molecule has 0 aliphatic rings. The van der Waals surface area contributed by atoms with Gasteiger partial charge in [0.05, 0.1) is 23.3 Å². The van der Waals surface area contributed by atoms with Crippen LogP contribution in [0.4, 0.5) is 0 Å². The first-order valence-corrected chi connectivity index (χ1v) is 8.45. The first kappa shape index (κ1) is 17.5. The van der Waals surface area contributed by atoms with Crippen molar-refractivity contribution in [2.75, 3.05) is 7.11 Å². The first-order valence-electron chi connectivity index (χ1n) is 7.66. The molecule has 0 aliphatic carbocycles. The number of aromatic amines is 1. The lowest BCUT2D eigenvalue weighted by Crippen LogP contribution is -2.28. The van der Waals surface area contributed by atoms with Crippen molar-refractivity contribution in [3.8, 4) is 5.75 Å². The van der Waals surface area contributed by atoms with Gasteiger partial charge in [0.25, 0.3) is 5.91 Å². The maximum absolute atomic E-state index is 12.5. The number of rotatable bonds is 6. The van der Waals surface area contributed by atoms with Gasteiger partial charge in [-0.1, -0.05) is 32.9 Å². The summed E-state index contributed by atoms with van der Waals surface area (Å²) in [6.45, 7) is 6.13. The van der Waals surface area contributed by atoms with Crippen LogP contribution >= 0.6 is 15.9 Å². The fourth-order valence-electron chi connectivity index (χ4n) is 2.36. The first-order chi connectivity index (χ1) is 11.0. The molecular formula is C17H22BrN3O2. The van der Waals surface area contributed by atoms with Gasteiger partial charge in [0, 0.05) is 0 Å². The van der Waals surface area contributed by atoms with Crippen molar-refractivity contribution in [2.45, 2.75) is 39.2 Å². The van der Waals surface area contributed by atoms with E-state index in [-0.39, 0.29) is 17.9 Å². The van der Waals surface area contributed by atoms with Gasteiger partial charge in [0.1, 0.15) is 5.75 Å². The van der Waals surface area contributed by atoms with Gasteiger partial charge < -0.3 is 10.1 Å². The van der Waals surface area contributed by atoms with Crippen molar-refractivity contribution < 1.29 is 9.53 Å². The van der Waals surface area contributed by atoms with E-state index in [4.69, 9.17) is 4.74 Å². The lowest BCUT2D eigenvalue weighted by atomic mass is 10.0. The Morgan fingerprint density at radius 2 is 2.00 bits per heavy atom. The molecule has 2 N–H and O–H groups in total. The molecule has 1 aromatic carbocycles. The Kier molecular flexibility index (Phi) is 5.82. The maximum Gasteiger partial charge on any atom is 0.273 e.